The van der Waals surface area contributed by atoms with Crippen LogP contribution in [0.15, 0.2) is 12.7 Å². The van der Waals surface area contributed by atoms with Gasteiger partial charge in [0.2, 0.25) is 5.91 Å². The van der Waals surface area contributed by atoms with Crippen molar-refractivity contribution in [3.63, 3.8) is 0 Å². The Morgan fingerprint density at radius 1 is 1.53 bits per heavy atom. The summed E-state index contributed by atoms with van der Waals surface area (Å²) in [6.45, 7) is 3.85. The van der Waals surface area contributed by atoms with E-state index in [1.54, 1.807) is 0 Å². The lowest BCUT2D eigenvalue weighted by Crippen LogP contribution is -2.20. The number of fused-ring (bicyclic) bond motifs is 1. The minimum absolute atomic E-state index is 0.163. The fourth-order valence-electron chi connectivity index (χ4n) is 1.84. The molecular formula is C11H15N3O. The minimum Gasteiger partial charge on any atom is -0.345 e. The zero-order valence-corrected chi connectivity index (χ0v) is 8.68. The fraction of sp³-hybridized carbons (Fsp3) is 0.455. The molecule has 1 amide bonds. The number of imidazole rings is 1. The number of aryl methyl sites for hydroxylation is 2. The smallest absolute Gasteiger partial charge is 0.243 e. The zero-order chi connectivity index (χ0) is 10.7. The van der Waals surface area contributed by atoms with Crippen LogP contribution in [0.25, 0.3) is 0 Å². The van der Waals surface area contributed by atoms with Gasteiger partial charge in [-0.2, -0.15) is 0 Å². The highest BCUT2D eigenvalue weighted by atomic mass is 16.1. The number of hydrogen-bond acceptors (Lipinski definition) is 2. The Labute approximate surface area is 88.8 Å². The summed E-state index contributed by atoms with van der Waals surface area (Å²) in [7, 11) is 0. The van der Waals surface area contributed by atoms with Crippen LogP contribution in [0.4, 0.5) is 0 Å². The van der Waals surface area contributed by atoms with Crippen LogP contribution in [-0.2, 0) is 24.2 Å². The van der Waals surface area contributed by atoms with Crippen LogP contribution in [-0.4, -0.2) is 15.9 Å². The number of carbonyl (C=O) groups is 1. The van der Waals surface area contributed by atoms with E-state index in [1.807, 2.05) is 0 Å². The van der Waals surface area contributed by atoms with Gasteiger partial charge in [0.05, 0.1) is 12.2 Å². The van der Waals surface area contributed by atoms with Gasteiger partial charge < -0.3 is 10.3 Å². The molecule has 0 spiro atoms. The standard InChI is InChI=1S/C11H15N3O/c1-2-11(15)12-7-10-13-8-5-3-4-6-9(8)14-10/h2H,1,3-7H2,(H,12,15)(H,13,14). The van der Waals surface area contributed by atoms with Crippen LogP contribution < -0.4 is 5.32 Å². The molecular weight excluding hydrogens is 190 g/mol. The van der Waals surface area contributed by atoms with Crippen LogP contribution >= 0.6 is 0 Å². The Morgan fingerprint density at radius 3 is 3.07 bits per heavy atom. The minimum atomic E-state index is -0.163. The van der Waals surface area contributed by atoms with Crippen molar-refractivity contribution in [2.45, 2.75) is 32.2 Å². The van der Waals surface area contributed by atoms with Gasteiger partial charge in [0, 0.05) is 5.69 Å². The highest BCUT2D eigenvalue weighted by molar-refractivity contribution is 5.86. The first-order valence-corrected chi connectivity index (χ1v) is 5.26. The Hall–Kier alpha value is -1.58. The predicted octanol–water partition coefficient (Wildman–Crippen LogP) is 1.09. The van der Waals surface area contributed by atoms with E-state index in [2.05, 4.69) is 21.9 Å². The molecule has 0 saturated heterocycles. The number of aromatic amines is 1. The average Bonchev–Trinajstić information content (AvgIpc) is 2.68. The fourth-order valence-corrected chi connectivity index (χ4v) is 1.84. The topological polar surface area (TPSA) is 57.8 Å². The first-order chi connectivity index (χ1) is 7.29. The van der Waals surface area contributed by atoms with E-state index in [9.17, 15) is 4.79 Å². The van der Waals surface area contributed by atoms with Gasteiger partial charge in [-0.1, -0.05) is 6.58 Å². The zero-order valence-electron chi connectivity index (χ0n) is 8.68. The molecule has 1 heterocycles. The summed E-state index contributed by atoms with van der Waals surface area (Å²) in [6, 6.07) is 0. The van der Waals surface area contributed by atoms with Gasteiger partial charge >= 0.3 is 0 Å². The number of nitrogens with zero attached hydrogens (tertiary/aromatic N) is 1. The van der Waals surface area contributed by atoms with E-state index in [-0.39, 0.29) is 5.91 Å². The Kier molecular flexibility index (Phi) is 2.85. The molecule has 80 valence electrons. The number of hydrogen-bond donors (Lipinski definition) is 2. The van der Waals surface area contributed by atoms with E-state index in [0.717, 1.165) is 18.7 Å². The van der Waals surface area contributed by atoms with Crippen LogP contribution in [0.3, 0.4) is 0 Å². The molecule has 1 aliphatic carbocycles. The van der Waals surface area contributed by atoms with E-state index in [1.165, 1.54) is 30.3 Å². The second-order valence-electron chi connectivity index (χ2n) is 3.74. The molecule has 0 radical (unpaired) electrons. The van der Waals surface area contributed by atoms with Crippen molar-refractivity contribution < 1.29 is 4.79 Å². The second-order valence-corrected chi connectivity index (χ2v) is 3.74. The summed E-state index contributed by atoms with van der Waals surface area (Å²) in [6.07, 6.45) is 5.85. The monoisotopic (exact) mass is 205 g/mol. The predicted molar refractivity (Wildman–Crippen MR) is 57.3 cm³/mol. The molecule has 0 atom stereocenters. The maximum Gasteiger partial charge on any atom is 0.243 e. The van der Waals surface area contributed by atoms with E-state index in [4.69, 9.17) is 0 Å². The molecule has 0 unspecified atom stereocenters. The molecule has 2 rings (SSSR count). The highest BCUT2D eigenvalue weighted by Crippen LogP contribution is 2.18. The number of nitrogens with one attached hydrogen (secondary N) is 2. The number of rotatable bonds is 3. The Morgan fingerprint density at radius 2 is 2.33 bits per heavy atom. The van der Waals surface area contributed by atoms with Crippen molar-refractivity contribution in [3.8, 4) is 0 Å². The Balaban J connectivity index is 2.00. The largest absolute Gasteiger partial charge is 0.345 e. The summed E-state index contributed by atoms with van der Waals surface area (Å²) >= 11 is 0. The summed E-state index contributed by atoms with van der Waals surface area (Å²) in [5.41, 5.74) is 2.41. The van der Waals surface area contributed by atoms with Crippen molar-refractivity contribution in [2.75, 3.05) is 0 Å². The molecule has 1 aliphatic rings. The van der Waals surface area contributed by atoms with E-state index in [0.29, 0.717) is 6.54 Å². The van der Waals surface area contributed by atoms with Crippen LogP contribution in [0, 0.1) is 0 Å². The van der Waals surface area contributed by atoms with Gasteiger partial charge in [0.1, 0.15) is 5.82 Å². The van der Waals surface area contributed by atoms with Gasteiger partial charge in [0.15, 0.2) is 0 Å². The first kappa shape index (κ1) is 9.96. The quantitative estimate of drug-likeness (QED) is 0.726. The average molecular weight is 205 g/mol. The lowest BCUT2D eigenvalue weighted by Gasteiger charge is -2.07. The van der Waals surface area contributed by atoms with Crippen molar-refractivity contribution >= 4 is 5.91 Å². The molecule has 0 bridgehead atoms. The van der Waals surface area contributed by atoms with Gasteiger partial charge in [0.25, 0.3) is 0 Å². The summed E-state index contributed by atoms with van der Waals surface area (Å²) < 4.78 is 0. The SMILES string of the molecule is C=CC(=O)NCc1nc2c([nH]1)CCCC2. The lowest BCUT2D eigenvalue weighted by molar-refractivity contribution is -0.116. The molecule has 4 heteroatoms. The number of carbonyl (C=O) groups excluding carboxylic acids is 1. The van der Waals surface area contributed by atoms with Gasteiger partial charge in [-0.05, 0) is 31.8 Å². The Bertz CT molecular complexity index is 358. The van der Waals surface area contributed by atoms with Crippen molar-refractivity contribution in [1.82, 2.24) is 15.3 Å². The highest BCUT2D eigenvalue weighted by Gasteiger charge is 2.13. The van der Waals surface area contributed by atoms with E-state index >= 15 is 0 Å². The molecule has 1 aromatic rings. The normalized spacial score (nSPS) is 14.4. The van der Waals surface area contributed by atoms with Gasteiger partial charge in [-0.15, -0.1) is 0 Å². The van der Waals surface area contributed by atoms with Crippen molar-refractivity contribution in [3.05, 3.63) is 29.9 Å². The molecule has 0 saturated carbocycles. The maximum absolute atomic E-state index is 11.0. The molecule has 15 heavy (non-hydrogen) atoms. The molecule has 1 aromatic heterocycles. The number of H-pyrrole nitrogens is 1. The molecule has 0 aromatic carbocycles. The molecule has 0 fully saturated rings. The summed E-state index contributed by atoms with van der Waals surface area (Å²) in [5, 5.41) is 2.71. The van der Waals surface area contributed by atoms with Crippen molar-refractivity contribution in [2.24, 2.45) is 0 Å². The third-order valence-corrected chi connectivity index (χ3v) is 2.62. The third kappa shape index (κ3) is 2.26. The molecule has 2 N–H and O–H groups in total. The summed E-state index contributed by atoms with van der Waals surface area (Å²) in [4.78, 5) is 18.7. The van der Waals surface area contributed by atoms with Gasteiger partial charge in [-0.25, -0.2) is 4.98 Å². The van der Waals surface area contributed by atoms with Crippen LogP contribution in [0.1, 0.15) is 30.1 Å². The van der Waals surface area contributed by atoms with Crippen LogP contribution in [0.5, 0.6) is 0 Å². The number of aromatic nitrogens is 2. The number of amides is 1. The second kappa shape index (κ2) is 4.29. The lowest BCUT2D eigenvalue weighted by atomic mass is 10.0. The van der Waals surface area contributed by atoms with E-state index < -0.39 is 0 Å². The third-order valence-electron chi connectivity index (χ3n) is 2.62. The van der Waals surface area contributed by atoms with Crippen LogP contribution in [0.2, 0.25) is 0 Å². The summed E-state index contributed by atoms with van der Waals surface area (Å²) in [5.74, 6) is 0.682. The first-order valence-electron chi connectivity index (χ1n) is 5.26. The van der Waals surface area contributed by atoms with Gasteiger partial charge in [-0.3, -0.25) is 4.79 Å². The van der Waals surface area contributed by atoms with Crippen molar-refractivity contribution in [1.29, 1.82) is 0 Å². The maximum atomic E-state index is 11.0. The molecule has 0 aliphatic heterocycles. The molecule has 4 nitrogen and oxygen atoms in total.